The Morgan fingerprint density at radius 3 is 2.94 bits per heavy atom. The van der Waals surface area contributed by atoms with Crippen LogP contribution in [0.3, 0.4) is 0 Å². The number of rotatable bonds is 4. The number of nitrogens with two attached hydrogens (primary N) is 1. The average Bonchev–Trinajstić information content (AvgIpc) is 2.74. The van der Waals surface area contributed by atoms with E-state index in [1.165, 1.54) is 5.56 Å². The molecule has 2 heterocycles. The van der Waals surface area contributed by atoms with E-state index < -0.39 is 0 Å². The van der Waals surface area contributed by atoms with Crippen LogP contribution in [-0.2, 0) is 6.42 Å². The van der Waals surface area contributed by atoms with Crippen LogP contribution in [0, 0.1) is 0 Å². The highest BCUT2D eigenvalue weighted by molar-refractivity contribution is 7.07. The van der Waals surface area contributed by atoms with Crippen molar-refractivity contribution >= 4 is 22.8 Å². The average molecular weight is 233 g/mol. The van der Waals surface area contributed by atoms with Crippen molar-refractivity contribution < 1.29 is 0 Å². The third kappa shape index (κ3) is 2.97. The van der Waals surface area contributed by atoms with Gasteiger partial charge < -0.3 is 11.1 Å². The first-order valence-electron chi connectivity index (χ1n) is 5.23. The van der Waals surface area contributed by atoms with Gasteiger partial charge in [-0.2, -0.15) is 11.3 Å². The number of nitrogen functional groups attached to an aromatic ring is 1. The molecule has 3 N–H and O–H groups in total. The van der Waals surface area contributed by atoms with Gasteiger partial charge in [0, 0.05) is 6.04 Å². The third-order valence-corrected chi connectivity index (χ3v) is 3.03. The molecule has 0 saturated carbocycles. The zero-order chi connectivity index (χ0) is 11.4. The molecule has 0 aliphatic heterocycles. The third-order valence-electron chi connectivity index (χ3n) is 2.30. The molecular formula is C12H15N3S. The lowest BCUT2D eigenvalue weighted by molar-refractivity contribution is 0.787. The van der Waals surface area contributed by atoms with Gasteiger partial charge in [-0.1, -0.05) is 0 Å². The molecule has 0 aromatic carbocycles. The Balaban J connectivity index is 1.92. The van der Waals surface area contributed by atoms with Crippen molar-refractivity contribution in [3.63, 3.8) is 0 Å². The minimum Gasteiger partial charge on any atom is -0.397 e. The summed E-state index contributed by atoms with van der Waals surface area (Å²) < 4.78 is 0. The fraction of sp³-hybridized carbons (Fsp3) is 0.250. The second-order valence-electron chi connectivity index (χ2n) is 3.86. The van der Waals surface area contributed by atoms with Crippen LogP contribution in [0.5, 0.6) is 0 Å². The van der Waals surface area contributed by atoms with Gasteiger partial charge in [0.05, 0.1) is 11.9 Å². The smallest absolute Gasteiger partial charge is 0.126 e. The first-order chi connectivity index (χ1) is 7.74. The molecule has 16 heavy (non-hydrogen) atoms. The maximum absolute atomic E-state index is 5.58. The van der Waals surface area contributed by atoms with Gasteiger partial charge in [0.2, 0.25) is 0 Å². The number of thiophene rings is 1. The molecule has 0 radical (unpaired) electrons. The quantitative estimate of drug-likeness (QED) is 0.853. The SMILES string of the molecule is CC(Cc1ccsc1)Nc1ccc(N)cn1. The summed E-state index contributed by atoms with van der Waals surface area (Å²) in [6.45, 7) is 2.15. The lowest BCUT2D eigenvalue weighted by atomic mass is 10.1. The second-order valence-corrected chi connectivity index (χ2v) is 4.64. The van der Waals surface area contributed by atoms with E-state index in [0.717, 1.165) is 12.2 Å². The van der Waals surface area contributed by atoms with Crippen LogP contribution in [0.4, 0.5) is 11.5 Å². The van der Waals surface area contributed by atoms with Gasteiger partial charge in [0.15, 0.2) is 0 Å². The van der Waals surface area contributed by atoms with Crippen molar-refractivity contribution in [1.82, 2.24) is 4.98 Å². The summed E-state index contributed by atoms with van der Waals surface area (Å²) in [5, 5.41) is 7.62. The monoisotopic (exact) mass is 233 g/mol. The van der Waals surface area contributed by atoms with E-state index in [1.807, 2.05) is 12.1 Å². The molecule has 2 aromatic heterocycles. The Bertz CT molecular complexity index is 422. The van der Waals surface area contributed by atoms with Crippen molar-refractivity contribution in [2.75, 3.05) is 11.1 Å². The molecule has 0 aliphatic rings. The van der Waals surface area contributed by atoms with Crippen molar-refractivity contribution in [1.29, 1.82) is 0 Å². The molecule has 84 valence electrons. The number of hydrogen-bond acceptors (Lipinski definition) is 4. The van der Waals surface area contributed by atoms with Gasteiger partial charge in [-0.3, -0.25) is 0 Å². The first kappa shape index (κ1) is 11.0. The number of pyridine rings is 1. The molecule has 2 rings (SSSR count). The Morgan fingerprint density at radius 1 is 1.44 bits per heavy atom. The summed E-state index contributed by atoms with van der Waals surface area (Å²) in [6.07, 6.45) is 2.68. The number of anilines is 2. The van der Waals surface area contributed by atoms with Crippen LogP contribution in [0.1, 0.15) is 12.5 Å². The maximum Gasteiger partial charge on any atom is 0.126 e. The van der Waals surface area contributed by atoms with Crippen LogP contribution in [0.25, 0.3) is 0 Å². The number of nitrogens with one attached hydrogen (secondary N) is 1. The van der Waals surface area contributed by atoms with Crippen molar-refractivity contribution in [3.8, 4) is 0 Å². The fourth-order valence-electron chi connectivity index (χ4n) is 1.56. The molecular weight excluding hydrogens is 218 g/mol. The summed E-state index contributed by atoms with van der Waals surface area (Å²) in [5.41, 5.74) is 7.63. The Kier molecular flexibility index (Phi) is 3.41. The highest BCUT2D eigenvalue weighted by atomic mass is 32.1. The standard InChI is InChI=1S/C12H15N3S/c1-9(6-10-4-5-16-8-10)15-12-3-2-11(13)7-14-12/h2-5,7-9H,6,13H2,1H3,(H,14,15). The molecule has 4 heteroatoms. The Morgan fingerprint density at radius 2 is 2.31 bits per heavy atom. The van der Waals surface area contributed by atoms with E-state index in [9.17, 15) is 0 Å². The van der Waals surface area contributed by atoms with Gasteiger partial charge in [-0.15, -0.1) is 0 Å². The summed E-state index contributed by atoms with van der Waals surface area (Å²) in [7, 11) is 0. The van der Waals surface area contributed by atoms with Crippen LogP contribution in [-0.4, -0.2) is 11.0 Å². The Hall–Kier alpha value is -1.55. The zero-order valence-corrected chi connectivity index (χ0v) is 10.00. The lowest BCUT2D eigenvalue weighted by Gasteiger charge is -2.13. The molecule has 1 unspecified atom stereocenters. The van der Waals surface area contributed by atoms with Crippen LogP contribution < -0.4 is 11.1 Å². The van der Waals surface area contributed by atoms with Gasteiger partial charge in [-0.05, 0) is 47.9 Å². The van der Waals surface area contributed by atoms with E-state index in [0.29, 0.717) is 11.7 Å². The van der Waals surface area contributed by atoms with Crippen LogP contribution >= 0.6 is 11.3 Å². The van der Waals surface area contributed by atoms with E-state index in [2.05, 4.69) is 34.1 Å². The van der Waals surface area contributed by atoms with Gasteiger partial charge in [-0.25, -0.2) is 4.98 Å². The topological polar surface area (TPSA) is 50.9 Å². The number of hydrogen-bond donors (Lipinski definition) is 2. The van der Waals surface area contributed by atoms with Crippen LogP contribution in [0.15, 0.2) is 35.2 Å². The zero-order valence-electron chi connectivity index (χ0n) is 9.18. The highest BCUT2D eigenvalue weighted by Gasteiger charge is 2.04. The Labute approximate surface area is 99.3 Å². The molecule has 0 amide bonds. The second kappa shape index (κ2) is 4.99. The van der Waals surface area contributed by atoms with E-state index in [1.54, 1.807) is 17.5 Å². The summed E-state index contributed by atoms with van der Waals surface area (Å²) in [4.78, 5) is 4.21. The van der Waals surface area contributed by atoms with Crippen LogP contribution in [0.2, 0.25) is 0 Å². The summed E-state index contributed by atoms with van der Waals surface area (Å²) in [6, 6.07) is 6.27. The molecule has 0 aliphatic carbocycles. The number of aromatic nitrogens is 1. The van der Waals surface area contributed by atoms with Gasteiger partial charge >= 0.3 is 0 Å². The van der Waals surface area contributed by atoms with E-state index in [4.69, 9.17) is 5.73 Å². The summed E-state index contributed by atoms with van der Waals surface area (Å²) >= 11 is 1.73. The highest BCUT2D eigenvalue weighted by Crippen LogP contribution is 2.12. The molecule has 2 aromatic rings. The predicted molar refractivity (Wildman–Crippen MR) is 69.8 cm³/mol. The largest absolute Gasteiger partial charge is 0.397 e. The maximum atomic E-state index is 5.58. The predicted octanol–water partition coefficient (Wildman–Crippen LogP) is 2.77. The molecule has 0 bridgehead atoms. The number of nitrogens with zero attached hydrogens (tertiary/aromatic N) is 1. The minimum absolute atomic E-state index is 0.366. The van der Waals surface area contributed by atoms with Crippen molar-refractivity contribution in [2.24, 2.45) is 0 Å². The first-order valence-corrected chi connectivity index (χ1v) is 6.17. The van der Waals surface area contributed by atoms with Gasteiger partial charge in [0.1, 0.15) is 5.82 Å². The molecule has 0 saturated heterocycles. The summed E-state index contributed by atoms with van der Waals surface area (Å²) in [5.74, 6) is 0.872. The van der Waals surface area contributed by atoms with E-state index >= 15 is 0 Å². The lowest BCUT2D eigenvalue weighted by Crippen LogP contribution is -2.18. The normalized spacial score (nSPS) is 12.3. The molecule has 1 atom stereocenters. The van der Waals surface area contributed by atoms with Crippen molar-refractivity contribution in [2.45, 2.75) is 19.4 Å². The van der Waals surface area contributed by atoms with Gasteiger partial charge in [0.25, 0.3) is 0 Å². The minimum atomic E-state index is 0.366. The van der Waals surface area contributed by atoms with E-state index in [-0.39, 0.29) is 0 Å². The van der Waals surface area contributed by atoms with Crippen molar-refractivity contribution in [3.05, 3.63) is 40.7 Å². The molecule has 0 spiro atoms. The molecule has 3 nitrogen and oxygen atoms in total. The molecule has 0 fully saturated rings. The fourth-order valence-corrected chi connectivity index (χ4v) is 2.24.